The lowest BCUT2D eigenvalue weighted by molar-refractivity contribution is -0.0493. The third-order valence-electron chi connectivity index (χ3n) is 2.95. The highest BCUT2D eigenvalue weighted by Gasteiger charge is 2.11. The number of aryl methyl sites for hydroxylation is 2. The smallest absolute Gasteiger partial charge is 0.387 e. The average molecular weight is 326 g/mol. The Bertz CT molecular complexity index is 660. The van der Waals surface area contributed by atoms with Crippen LogP contribution in [0.5, 0.6) is 5.75 Å². The van der Waals surface area contributed by atoms with Gasteiger partial charge in [-0.05, 0) is 42.9 Å². The molecular weight excluding hydrogens is 310 g/mol. The zero-order valence-corrected chi connectivity index (χ0v) is 13.0. The molecule has 0 radical (unpaired) electrons. The Hall–Kier alpha value is -2.22. The van der Waals surface area contributed by atoms with Crippen LogP contribution in [0.3, 0.4) is 0 Å². The molecule has 5 nitrogen and oxygen atoms in total. The van der Waals surface area contributed by atoms with Crippen molar-refractivity contribution in [2.75, 3.05) is 5.32 Å². The van der Waals surface area contributed by atoms with Crippen molar-refractivity contribution in [3.63, 3.8) is 0 Å². The molecule has 0 unspecified atom stereocenters. The van der Waals surface area contributed by atoms with Crippen LogP contribution >= 0.6 is 12.2 Å². The van der Waals surface area contributed by atoms with Gasteiger partial charge >= 0.3 is 6.61 Å². The SMILES string of the molecule is Cc1ccc(OC(F)F)c(NC(=S)NCc2ccnn2C)c1. The van der Waals surface area contributed by atoms with Crippen LogP contribution in [-0.2, 0) is 13.6 Å². The van der Waals surface area contributed by atoms with Crippen molar-refractivity contribution in [2.24, 2.45) is 7.05 Å². The Labute approximate surface area is 132 Å². The number of ether oxygens (including phenoxy) is 1. The maximum atomic E-state index is 12.4. The quantitative estimate of drug-likeness (QED) is 0.828. The van der Waals surface area contributed by atoms with Crippen molar-refractivity contribution in [1.82, 2.24) is 15.1 Å². The van der Waals surface area contributed by atoms with E-state index in [2.05, 4.69) is 20.5 Å². The number of hydrogen-bond acceptors (Lipinski definition) is 3. The van der Waals surface area contributed by atoms with Crippen molar-refractivity contribution < 1.29 is 13.5 Å². The molecule has 0 aliphatic rings. The van der Waals surface area contributed by atoms with Gasteiger partial charge in [-0.15, -0.1) is 0 Å². The summed E-state index contributed by atoms with van der Waals surface area (Å²) >= 11 is 5.17. The van der Waals surface area contributed by atoms with Crippen LogP contribution in [-0.4, -0.2) is 21.5 Å². The average Bonchev–Trinajstić information content (AvgIpc) is 2.84. The fourth-order valence-electron chi connectivity index (χ4n) is 1.85. The molecule has 8 heteroatoms. The van der Waals surface area contributed by atoms with Gasteiger partial charge in [0, 0.05) is 13.2 Å². The first kappa shape index (κ1) is 16.2. The molecule has 0 aliphatic heterocycles. The van der Waals surface area contributed by atoms with E-state index in [-0.39, 0.29) is 5.75 Å². The summed E-state index contributed by atoms with van der Waals surface area (Å²) in [6.45, 7) is -0.568. The van der Waals surface area contributed by atoms with Gasteiger partial charge in [0.25, 0.3) is 0 Å². The summed E-state index contributed by atoms with van der Waals surface area (Å²) in [5.41, 5.74) is 2.24. The van der Waals surface area contributed by atoms with Crippen molar-refractivity contribution in [1.29, 1.82) is 0 Å². The van der Waals surface area contributed by atoms with E-state index in [1.807, 2.05) is 20.0 Å². The van der Waals surface area contributed by atoms with E-state index in [0.717, 1.165) is 11.3 Å². The van der Waals surface area contributed by atoms with Crippen molar-refractivity contribution >= 4 is 23.0 Å². The molecule has 2 N–H and O–H groups in total. The molecule has 0 atom stereocenters. The summed E-state index contributed by atoms with van der Waals surface area (Å²) < 4.78 is 31.0. The molecule has 1 aromatic carbocycles. The fraction of sp³-hybridized carbons (Fsp3) is 0.286. The summed E-state index contributed by atoms with van der Waals surface area (Å²) in [7, 11) is 1.82. The number of halogens is 2. The van der Waals surface area contributed by atoms with Gasteiger partial charge in [0.15, 0.2) is 5.11 Å². The molecule has 2 rings (SSSR count). The Kier molecular flexibility index (Phi) is 5.26. The zero-order valence-electron chi connectivity index (χ0n) is 12.1. The maximum absolute atomic E-state index is 12.4. The molecule has 2 aromatic rings. The van der Waals surface area contributed by atoms with Gasteiger partial charge in [-0.2, -0.15) is 13.9 Å². The molecule has 118 valence electrons. The second-order valence-electron chi connectivity index (χ2n) is 4.63. The fourth-order valence-corrected chi connectivity index (χ4v) is 2.03. The summed E-state index contributed by atoms with van der Waals surface area (Å²) in [5, 5.41) is 10.2. The first-order valence-corrected chi connectivity index (χ1v) is 6.93. The van der Waals surface area contributed by atoms with Gasteiger partial charge in [0.1, 0.15) is 5.75 Å². The standard InChI is InChI=1S/C14H16F2N4OS/c1-9-3-4-12(21-13(15)16)11(7-9)19-14(22)17-8-10-5-6-18-20(10)2/h3-7,13H,8H2,1-2H3,(H2,17,19,22). The highest BCUT2D eigenvalue weighted by molar-refractivity contribution is 7.80. The van der Waals surface area contributed by atoms with Gasteiger partial charge in [-0.3, -0.25) is 4.68 Å². The van der Waals surface area contributed by atoms with E-state index in [9.17, 15) is 8.78 Å². The van der Waals surface area contributed by atoms with Crippen molar-refractivity contribution in [2.45, 2.75) is 20.1 Å². The predicted molar refractivity (Wildman–Crippen MR) is 84.1 cm³/mol. The number of hydrogen-bond donors (Lipinski definition) is 2. The molecule has 0 spiro atoms. The number of anilines is 1. The van der Waals surface area contributed by atoms with Gasteiger partial charge in [-0.25, -0.2) is 0 Å². The van der Waals surface area contributed by atoms with Crippen LogP contribution in [0, 0.1) is 6.92 Å². The largest absolute Gasteiger partial charge is 0.433 e. The molecule has 0 fully saturated rings. The van der Waals surface area contributed by atoms with Crippen LogP contribution in [0.4, 0.5) is 14.5 Å². The molecule has 0 bridgehead atoms. The molecule has 0 aliphatic carbocycles. The van der Waals surface area contributed by atoms with E-state index in [1.54, 1.807) is 23.0 Å². The summed E-state index contributed by atoms with van der Waals surface area (Å²) in [6.07, 6.45) is 1.68. The highest BCUT2D eigenvalue weighted by Crippen LogP contribution is 2.27. The summed E-state index contributed by atoms with van der Waals surface area (Å²) in [5.74, 6) is 0.0466. The molecule has 0 saturated carbocycles. The first-order chi connectivity index (χ1) is 10.5. The van der Waals surface area contributed by atoms with Crippen molar-refractivity contribution in [3.8, 4) is 5.75 Å². The van der Waals surface area contributed by atoms with E-state index in [0.29, 0.717) is 17.3 Å². The third kappa shape index (κ3) is 4.39. The monoisotopic (exact) mass is 326 g/mol. The number of nitrogens with zero attached hydrogens (tertiary/aromatic N) is 2. The van der Waals surface area contributed by atoms with E-state index < -0.39 is 6.61 Å². The minimum Gasteiger partial charge on any atom is -0.433 e. The van der Waals surface area contributed by atoms with Gasteiger partial charge in [0.05, 0.1) is 17.9 Å². The molecule has 0 saturated heterocycles. The topological polar surface area (TPSA) is 51.1 Å². The van der Waals surface area contributed by atoms with Crippen LogP contribution in [0.15, 0.2) is 30.5 Å². The Morgan fingerprint density at radius 2 is 2.18 bits per heavy atom. The van der Waals surface area contributed by atoms with Gasteiger partial charge < -0.3 is 15.4 Å². The second-order valence-corrected chi connectivity index (χ2v) is 5.04. The third-order valence-corrected chi connectivity index (χ3v) is 3.20. The number of benzene rings is 1. The first-order valence-electron chi connectivity index (χ1n) is 6.53. The summed E-state index contributed by atoms with van der Waals surface area (Å²) in [6, 6.07) is 6.71. The minimum absolute atomic E-state index is 0.0466. The van der Waals surface area contributed by atoms with Gasteiger partial charge in [0.2, 0.25) is 0 Å². The lowest BCUT2D eigenvalue weighted by atomic mass is 10.2. The minimum atomic E-state index is -2.89. The summed E-state index contributed by atoms with van der Waals surface area (Å²) in [4.78, 5) is 0. The molecule has 1 heterocycles. The van der Waals surface area contributed by atoms with Crippen molar-refractivity contribution in [3.05, 3.63) is 41.7 Å². The lowest BCUT2D eigenvalue weighted by Gasteiger charge is -2.15. The number of aromatic nitrogens is 2. The molecule has 0 amide bonds. The van der Waals surface area contributed by atoms with E-state index in [1.165, 1.54) is 6.07 Å². The lowest BCUT2D eigenvalue weighted by Crippen LogP contribution is -2.29. The Morgan fingerprint density at radius 1 is 1.41 bits per heavy atom. The van der Waals surface area contributed by atoms with E-state index in [4.69, 9.17) is 12.2 Å². The number of nitrogens with one attached hydrogen (secondary N) is 2. The molecule has 1 aromatic heterocycles. The molecule has 22 heavy (non-hydrogen) atoms. The second kappa shape index (κ2) is 7.17. The number of thiocarbonyl (C=S) groups is 1. The van der Waals surface area contributed by atoms with Crippen LogP contribution in [0.2, 0.25) is 0 Å². The normalized spacial score (nSPS) is 10.6. The van der Waals surface area contributed by atoms with Crippen LogP contribution < -0.4 is 15.4 Å². The maximum Gasteiger partial charge on any atom is 0.387 e. The van der Waals surface area contributed by atoms with Crippen LogP contribution in [0.25, 0.3) is 0 Å². The number of alkyl halides is 2. The highest BCUT2D eigenvalue weighted by atomic mass is 32.1. The number of rotatable bonds is 5. The van der Waals surface area contributed by atoms with Crippen LogP contribution in [0.1, 0.15) is 11.3 Å². The van der Waals surface area contributed by atoms with Gasteiger partial charge in [-0.1, -0.05) is 6.07 Å². The Balaban J connectivity index is 2.01. The zero-order chi connectivity index (χ0) is 16.1. The Morgan fingerprint density at radius 3 is 2.82 bits per heavy atom. The van der Waals surface area contributed by atoms with E-state index >= 15 is 0 Å². The predicted octanol–water partition coefficient (Wildman–Crippen LogP) is 2.82. The molecular formula is C14H16F2N4OS.